The van der Waals surface area contributed by atoms with Crippen LogP contribution in [0.4, 0.5) is 11.4 Å². The maximum atomic E-state index is 14.2. The van der Waals surface area contributed by atoms with Crippen LogP contribution < -0.4 is 10.5 Å². The van der Waals surface area contributed by atoms with Gasteiger partial charge in [0.1, 0.15) is 12.1 Å². The largest absolute Gasteiger partial charge is 0.494 e. The van der Waals surface area contributed by atoms with Crippen molar-refractivity contribution in [1.82, 2.24) is 9.13 Å². The Morgan fingerprint density at radius 3 is 2.13 bits per heavy atom. The number of aromatic nitrogens is 2. The lowest BCUT2D eigenvalue weighted by molar-refractivity contribution is -0.433. The third-order valence-electron chi connectivity index (χ3n) is 12.4. The lowest BCUT2D eigenvalue weighted by Gasteiger charge is -2.27. The minimum atomic E-state index is -0.292. The van der Waals surface area contributed by atoms with Gasteiger partial charge < -0.3 is 10.0 Å². The topological polar surface area (TPSA) is 53.4 Å². The summed E-state index contributed by atoms with van der Waals surface area (Å²) in [5, 5.41) is 16.8. The molecule has 0 bridgehead atoms. The zero-order valence-electron chi connectivity index (χ0n) is 33.3. The van der Waals surface area contributed by atoms with E-state index in [1.165, 1.54) is 60.0 Å². The summed E-state index contributed by atoms with van der Waals surface area (Å²) >= 11 is 5.57. The lowest BCUT2D eigenvalue weighted by atomic mass is 9.78. The second-order valence-electron chi connectivity index (χ2n) is 16.2. The molecule has 4 aromatic carbocycles. The number of fused-ring (bicyclic) bond motifs is 6. The van der Waals surface area contributed by atoms with Gasteiger partial charge in [-0.2, -0.15) is 4.58 Å². The van der Waals surface area contributed by atoms with Crippen LogP contribution in [0.15, 0.2) is 119 Å². The smallest absolute Gasteiger partial charge is 0.265 e. The van der Waals surface area contributed by atoms with Crippen LogP contribution in [0.5, 0.6) is 5.88 Å². The van der Waals surface area contributed by atoms with Gasteiger partial charge in [0, 0.05) is 55.1 Å². The van der Waals surface area contributed by atoms with Crippen LogP contribution in [0.2, 0.25) is 0 Å². The normalized spacial score (nSPS) is 19.2. The molecule has 7 heteroatoms. The molecule has 0 saturated heterocycles. The third-order valence-corrected chi connectivity index (χ3v) is 13.0. The number of hydrogen-bond acceptors (Lipinski definition) is 4. The predicted octanol–water partition coefficient (Wildman–Crippen LogP) is 10.7. The molecular formula is C48H51N4O2S+. The average Bonchev–Trinajstić information content (AvgIpc) is 3.56. The third kappa shape index (κ3) is 5.53. The van der Waals surface area contributed by atoms with Crippen LogP contribution in [0.25, 0.3) is 27.1 Å². The van der Waals surface area contributed by atoms with Crippen molar-refractivity contribution < 1.29 is 9.68 Å². The Morgan fingerprint density at radius 1 is 0.800 bits per heavy atom. The predicted molar refractivity (Wildman–Crippen MR) is 232 cm³/mol. The number of benzene rings is 4. The molecular weight excluding hydrogens is 697 g/mol. The molecule has 0 spiro atoms. The van der Waals surface area contributed by atoms with Crippen molar-refractivity contribution in [2.45, 2.75) is 71.6 Å². The number of nitrogens with zero attached hydrogens (tertiary/aromatic N) is 4. The van der Waals surface area contributed by atoms with Crippen LogP contribution in [0.3, 0.4) is 0 Å². The van der Waals surface area contributed by atoms with Crippen LogP contribution in [0, 0.1) is 4.77 Å². The fourth-order valence-corrected chi connectivity index (χ4v) is 9.91. The molecule has 1 aliphatic carbocycles. The Balaban J connectivity index is 1.32. The molecule has 0 unspecified atom stereocenters. The number of aromatic hydroxyl groups is 1. The van der Waals surface area contributed by atoms with E-state index in [0.29, 0.717) is 5.56 Å². The summed E-state index contributed by atoms with van der Waals surface area (Å²) in [5.41, 5.74) is 9.94. The fraction of sp³-hybridized carbons (Fsp3) is 0.312. The van der Waals surface area contributed by atoms with Gasteiger partial charge in [-0.15, -0.1) is 0 Å². The monoisotopic (exact) mass is 747 g/mol. The van der Waals surface area contributed by atoms with E-state index in [4.69, 9.17) is 12.2 Å². The second kappa shape index (κ2) is 13.5. The molecule has 3 heterocycles. The zero-order chi connectivity index (χ0) is 39.0. The summed E-state index contributed by atoms with van der Waals surface area (Å²) in [6.45, 7) is 15.3. The quantitative estimate of drug-likeness (QED) is 0.139. The molecule has 0 radical (unpaired) electrons. The van der Waals surface area contributed by atoms with Crippen molar-refractivity contribution in [1.29, 1.82) is 0 Å². The van der Waals surface area contributed by atoms with Gasteiger partial charge in [0.25, 0.3) is 5.56 Å². The zero-order valence-corrected chi connectivity index (χ0v) is 34.1. The molecule has 280 valence electrons. The standard InChI is InChI=1S/C48H50N4O2S/c1-9-51-36-26-22-30-16-11-13-20-34(30)42(36)47(3,4)38(51)28-24-32-18-15-19-33(40(32)41-44(53)49(7)46(55)50(8)45(41)54)25-29-39-48(5,6)43-35-21-14-12-17-31(35)23-27-37(43)52(39)10-2/h11-14,16-17,20-29H,9-10,15,18-19H2,1-8H3/p+1/b32-24+,38-28+. The van der Waals surface area contributed by atoms with Crippen molar-refractivity contribution in [3.05, 3.63) is 146 Å². The summed E-state index contributed by atoms with van der Waals surface area (Å²) in [5.74, 6) is -0.104. The Hall–Kier alpha value is -5.27. The molecule has 5 aromatic rings. The molecule has 2 aliphatic heterocycles. The van der Waals surface area contributed by atoms with Crippen LogP contribution >= 0.6 is 12.2 Å². The van der Waals surface area contributed by atoms with Crippen LogP contribution in [0.1, 0.15) is 77.5 Å². The summed E-state index contributed by atoms with van der Waals surface area (Å²) in [6, 6.07) is 26.3. The van der Waals surface area contributed by atoms with E-state index in [0.717, 1.165) is 49.1 Å². The van der Waals surface area contributed by atoms with Gasteiger partial charge in [-0.25, -0.2) is 0 Å². The van der Waals surface area contributed by atoms with Crippen LogP contribution in [-0.2, 0) is 24.9 Å². The summed E-state index contributed by atoms with van der Waals surface area (Å²) in [7, 11) is 3.42. The molecule has 0 amide bonds. The summed E-state index contributed by atoms with van der Waals surface area (Å²) in [6.07, 6.45) is 11.4. The Labute approximate surface area is 329 Å². The van der Waals surface area contributed by atoms with Gasteiger partial charge in [0.05, 0.1) is 5.41 Å². The number of allylic oxidation sites excluding steroid dienone is 8. The Morgan fingerprint density at radius 2 is 1.45 bits per heavy atom. The van der Waals surface area contributed by atoms with E-state index in [1.54, 1.807) is 18.7 Å². The number of rotatable bonds is 6. The minimum Gasteiger partial charge on any atom is -0.494 e. The van der Waals surface area contributed by atoms with Crippen molar-refractivity contribution in [3.8, 4) is 5.88 Å². The highest BCUT2D eigenvalue weighted by molar-refractivity contribution is 7.71. The van der Waals surface area contributed by atoms with Crippen molar-refractivity contribution >= 4 is 56.4 Å². The first-order valence-electron chi connectivity index (χ1n) is 19.6. The van der Waals surface area contributed by atoms with E-state index in [-0.39, 0.29) is 27.0 Å². The molecule has 6 nitrogen and oxygen atoms in total. The average molecular weight is 748 g/mol. The molecule has 8 rings (SSSR count). The first kappa shape index (κ1) is 36.7. The van der Waals surface area contributed by atoms with Gasteiger partial charge in [0.15, 0.2) is 10.5 Å². The van der Waals surface area contributed by atoms with E-state index in [1.807, 2.05) is 0 Å². The number of anilines is 1. The molecule has 1 N–H and O–H groups in total. The highest BCUT2D eigenvalue weighted by Gasteiger charge is 2.45. The second-order valence-corrected chi connectivity index (χ2v) is 16.6. The fourth-order valence-electron chi connectivity index (χ4n) is 9.74. The number of likely N-dealkylation sites (N-methyl/N-ethyl adjacent to an activating group) is 1. The minimum absolute atomic E-state index is 0.104. The van der Waals surface area contributed by atoms with E-state index < -0.39 is 0 Å². The van der Waals surface area contributed by atoms with Gasteiger partial charge in [-0.3, -0.25) is 13.9 Å². The highest BCUT2D eigenvalue weighted by atomic mass is 32.1. The first-order chi connectivity index (χ1) is 26.3. The van der Waals surface area contributed by atoms with E-state index in [2.05, 4.69) is 148 Å². The molecule has 1 aromatic heterocycles. The molecule has 3 aliphatic rings. The van der Waals surface area contributed by atoms with Crippen LogP contribution in [-0.4, -0.2) is 37.6 Å². The van der Waals surface area contributed by atoms with Gasteiger partial charge in [-0.1, -0.05) is 80.6 Å². The molecule has 0 fully saturated rings. The Kier molecular flexibility index (Phi) is 9.00. The SMILES string of the molecule is CCN1/C(=C/C=C2\CCCC(/C=C/C3=[N+](CC)c4ccc5ccccc5c4C3(C)C)=C2c2c(O)n(C)c(=S)n(C)c2=O)C(C)(C)c2c1ccc1ccccc21. The number of hydrogen-bond donors (Lipinski definition) is 1. The maximum absolute atomic E-state index is 14.2. The first-order valence-corrected chi connectivity index (χ1v) is 20.0. The summed E-state index contributed by atoms with van der Waals surface area (Å²) in [4.78, 5) is 16.6. The summed E-state index contributed by atoms with van der Waals surface area (Å²) < 4.78 is 5.71. The molecule has 0 atom stereocenters. The van der Waals surface area contributed by atoms with Gasteiger partial charge >= 0.3 is 0 Å². The van der Waals surface area contributed by atoms with Gasteiger partial charge in [-0.05, 0) is 121 Å². The van der Waals surface area contributed by atoms with E-state index >= 15 is 0 Å². The van der Waals surface area contributed by atoms with Crippen molar-refractivity contribution in [2.75, 3.05) is 18.0 Å². The molecule has 0 saturated carbocycles. The van der Waals surface area contributed by atoms with Crippen molar-refractivity contribution in [2.24, 2.45) is 14.1 Å². The highest BCUT2D eigenvalue weighted by Crippen LogP contribution is 2.51. The maximum Gasteiger partial charge on any atom is 0.265 e. The Bertz CT molecular complexity index is 2730. The molecule has 55 heavy (non-hydrogen) atoms. The van der Waals surface area contributed by atoms with Gasteiger partial charge in [0.2, 0.25) is 11.6 Å². The van der Waals surface area contributed by atoms with E-state index in [9.17, 15) is 9.90 Å². The van der Waals surface area contributed by atoms with Crippen molar-refractivity contribution in [3.63, 3.8) is 0 Å². The lowest BCUT2D eigenvalue weighted by Crippen LogP contribution is -2.28.